The number of nitrogens with zero attached hydrogens (tertiary/aromatic N) is 4. The van der Waals surface area contributed by atoms with Crippen molar-refractivity contribution in [3.63, 3.8) is 0 Å². The van der Waals surface area contributed by atoms with E-state index >= 15 is 0 Å². The minimum atomic E-state index is -3.56. The molecule has 0 aliphatic rings. The number of aromatic nitrogens is 4. The lowest BCUT2D eigenvalue weighted by Gasteiger charge is -2.19. The first kappa shape index (κ1) is 23.7. The molecule has 2 heterocycles. The van der Waals surface area contributed by atoms with Gasteiger partial charge in [0.1, 0.15) is 5.82 Å². The van der Waals surface area contributed by atoms with E-state index in [1.54, 1.807) is 19.4 Å². The van der Waals surface area contributed by atoms with E-state index in [2.05, 4.69) is 30.0 Å². The molecule has 0 saturated carbocycles. The highest BCUT2D eigenvalue weighted by Crippen LogP contribution is 2.21. The van der Waals surface area contributed by atoms with Crippen molar-refractivity contribution in [1.29, 1.82) is 0 Å². The Labute approximate surface area is 177 Å². The first-order valence-electron chi connectivity index (χ1n) is 9.69. The van der Waals surface area contributed by atoms with Gasteiger partial charge in [0, 0.05) is 18.7 Å². The summed E-state index contributed by atoms with van der Waals surface area (Å²) in [6, 6.07) is 3.44. The zero-order valence-electron chi connectivity index (χ0n) is 18.0. The predicted molar refractivity (Wildman–Crippen MR) is 115 cm³/mol. The van der Waals surface area contributed by atoms with Crippen LogP contribution in [-0.4, -0.2) is 59.5 Å². The van der Waals surface area contributed by atoms with Gasteiger partial charge in [-0.15, -0.1) is 0 Å². The second-order valence-electron chi connectivity index (χ2n) is 7.67. The highest BCUT2D eigenvalue weighted by Gasteiger charge is 2.17. The molecule has 2 atom stereocenters. The highest BCUT2D eigenvalue weighted by molar-refractivity contribution is 7.91. The maximum atomic E-state index is 11.7. The number of methoxy groups -OCH3 is 1. The Kier molecular flexibility index (Phi) is 8.30. The Morgan fingerprint density at radius 3 is 2.37 bits per heavy atom. The third-order valence-corrected chi connectivity index (χ3v) is 4.85. The number of nitrogens with one attached hydrogen (secondary N) is 2. The smallest absolute Gasteiger partial charge is 0.241 e. The lowest BCUT2D eigenvalue weighted by Crippen LogP contribution is -2.27. The maximum absolute atomic E-state index is 11.7. The minimum Gasteiger partial charge on any atom is -0.481 e. The van der Waals surface area contributed by atoms with Gasteiger partial charge in [0.25, 0.3) is 0 Å². The zero-order valence-corrected chi connectivity index (χ0v) is 18.8. The molecular weight excluding hydrogens is 408 g/mol. The van der Waals surface area contributed by atoms with Crippen molar-refractivity contribution in [2.75, 3.05) is 30.0 Å². The van der Waals surface area contributed by atoms with Gasteiger partial charge in [0.2, 0.25) is 27.8 Å². The monoisotopic (exact) mass is 438 g/mol. The van der Waals surface area contributed by atoms with Crippen molar-refractivity contribution in [2.45, 2.75) is 45.6 Å². The fourth-order valence-corrected chi connectivity index (χ4v) is 3.34. The van der Waals surface area contributed by atoms with E-state index in [-0.39, 0.29) is 30.5 Å². The number of pyridine rings is 1. The van der Waals surface area contributed by atoms with Gasteiger partial charge in [-0.25, -0.2) is 13.4 Å². The van der Waals surface area contributed by atoms with Gasteiger partial charge < -0.3 is 15.2 Å². The topological polar surface area (TPSA) is 139 Å². The molecule has 0 aliphatic carbocycles. The van der Waals surface area contributed by atoms with Crippen LogP contribution in [0.15, 0.2) is 18.3 Å². The molecule has 0 fully saturated rings. The molecule has 30 heavy (non-hydrogen) atoms. The van der Waals surface area contributed by atoms with Crippen LogP contribution in [0.3, 0.4) is 0 Å². The molecule has 2 aromatic rings. The summed E-state index contributed by atoms with van der Waals surface area (Å²) in [5, 5.41) is 12.7. The Hall–Kier alpha value is -2.53. The van der Waals surface area contributed by atoms with Crippen LogP contribution in [0.25, 0.3) is 0 Å². The molecule has 2 unspecified atom stereocenters. The van der Waals surface area contributed by atoms with Gasteiger partial charge in [-0.1, -0.05) is 26.8 Å². The van der Waals surface area contributed by atoms with Crippen molar-refractivity contribution in [2.24, 2.45) is 5.92 Å². The number of sulfonamides is 1. The molecule has 0 aliphatic heterocycles. The largest absolute Gasteiger partial charge is 0.481 e. The summed E-state index contributed by atoms with van der Waals surface area (Å²) in [6.45, 7) is 6.00. The van der Waals surface area contributed by atoms with Crippen LogP contribution >= 0.6 is 0 Å². The zero-order chi connectivity index (χ0) is 22.3. The molecule has 0 radical (unpaired) electrons. The molecule has 2 aromatic heterocycles. The summed E-state index contributed by atoms with van der Waals surface area (Å²) in [7, 11) is -2.00. The van der Waals surface area contributed by atoms with Gasteiger partial charge in [-0.3, -0.25) is 4.72 Å². The van der Waals surface area contributed by atoms with Gasteiger partial charge in [0.15, 0.2) is 0 Å². The van der Waals surface area contributed by atoms with Crippen molar-refractivity contribution >= 4 is 21.9 Å². The molecule has 0 bridgehead atoms. The predicted octanol–water partition coefficient (Wildman–Crippen LogP) is 1.81. The number of anilines is 2. The van der Waals surface area contributed by atoms with Gasteiger partial charge >= 0.3 is 0 Å². The molecular formula is C19H30N6O4S. The van der Waals surface area contributed by atoms with E-state index in [1.165, 1.54) is 0 Å². The molecule has 3 N–H and O–H groups in total. The van der Waals surface area contributed by atoms with Crippen LogP contribution in [0.5, 0.6) is 5.88 Å². The molecule has 0 amide bonds. The molecule has 0 spiro atoms. The van der Waals surface area contributed by atoms with Crippen LogP contribution < -0.4 is 14.8 Å². The average molecular weight is 439 g/mol. The fourth-order valence-electron chi connectivity index (χ4n) is 2.91. The third kappa shape index (κ3) is 7.71. The molecule has 2 rings (SSSR count). The van der Waals surface area contributed by atoms with Gasteiger partial charge in [-0.05, 0) is 23.8 Å². The molecule has 11 heteroatoms. The number of hydrogen-bond donors (Lipinski definition) is 3. The first-order valence-corrected chi connectivity index (χ1v) is 11.6. The molecule has 0 aromatic carbocycles. The average Bonchev–Trinajstić information content (AvgIpc) is 2.65. The first-order chi connectivity index (χ1) is 14.1. The Balaban J connectivity index is 2.28. The van der Waals surface area contributed by atoms with E-state index in [0.29, 0.717) is 30.5 Å². The Morgan fingerprint density at radius 2 is 1.83 bits per heavy atom. The Morgan fingerprint density at radius 1 is 1.13 bits per heavy atom. The lowest BCUT2D eigenvalue weighted by atomic mass is 9.99. The van der Waals surface area contributed by atoms with Crippen LogP contribution in [0.2, 0.25) is 0 Å². The van der Waals surface area contributed by atoms with Crippen molar-refractivity contribution in [1.82, 2.24) is 19.9 Å². The summed E-state index contributed by atoms with van der Waals surface area (Å²) in [5.74, 6) is 1.47. The summed E-state index contributed by atoms with van der Waals surface area (Å²) in [4.78, 5) is 17.1. The number of hydrogen-bond acceptors (Lipinski definition) is 9. The quantitative estimate of drug-likeness (QED) is 0.479. The van der Waals surface area contributed by atoms with Crippen molar-refractivity contribution in [3.8, 4) is 5.88 Å². The molecule has 10 nitrogen and oxygen atoms in total. The summed E-state index contributed by atoms with van der Waals surface area (Å²) < 4.78 is 30.7. The number of ether oxygens (including phenoxy) is 1. The SMILES string of the molecule is COc1ccc(C(C)Cc2nc(NC(CO)CC(C)C)nc(NS(C)(=O)=O)n2)cn1. The lowest BCUT2D eigenvalue weighted by molar-refractivity contribution is 0.259. The minimum absolute atomic E-state index is 0.0223. The number of aliphatic hydroxyl groups excluding tert-OH is 1. The summed E-state index contributed by atoms with van der Waals surface area (Å²) in [5.41, 5.74) is 0.969. The fraction of sp³-hybridized carbons (Fsp3) is 0.579. The second-order valence-corrected chi connectivity index (χ2v) is 9.41. The van der Waals surface area contributed by atoms with E-state index in [4.69, 9.17) is 4.74 Å². The van der Waals surface area contributed by atoms with Crippen LogP contribution in [0, 0.1) is 5.92 Å². The van der Waals surface area contributed by atoms with E-state index in [0.717, 1.165) is 11.8 Å². The summed E-state index contributed by atoms with van der Waals surface area (Å²) in [6.07, 6.45) is 3.91. The Bertz CT molecular complexity index is 921. The second kappa shape index (κ2) is 10.5. The standard InChI is InChI=1S/C19H30N6O4S/c1-12(2)8-15(11-26)21-18-22-16(23-19(24-18)25-30(5,27)28)9-13(3)14-6-7-17(29-4)20-10-14/h6-7,10,12-13,15,26H,8-9,11H2,1-5H3,(H2,21,22,23,24,25). The summed E-state index contributed by atoms with van der Waals surface area (Å²) >= 11 is 0. The number of rotatable bonds is 11. The van der Waals surface area contributed by atoms with Gasteiger partial charge in [0.05, 0.1) is 26.0 Å². The van der Waals surface area contributed by atoms with E-state index in [9.17, 15) is 13.5 Å². The van der Waals surface area contributed by atoms with Crippen LogP contribution in [0.4, 0.5) is 11.9 Å². The number of aliphatic hydroxyl groups is 1. The van der Waals surface area contributed by atoms with E-state index in [1.807, 2.05) is 26.8 Å². The maximum Gasteiger partial charge on any atom is 0.241 e. The third-order valence-electron chi connectivity index (χ3n) is 4.29. The molecule has 0 saturated heterocycles. The van der Waals surface area contributed by atoms with Crippen molar-refractivity contribution < 1.29 is 18.3 Å². The highest BCUT2D eigenvalue weighted by atomic mass is 32.2. The van der Waals surface area contributed by atoms with Gasteiger partial charge in [-0.2, -0.15) is 15.0 Å². The van der Waals surface area contributed by atoms with Crippen LogP contribution in [-0.2, 0) is 16.4 Å². The molecule has 166 valence electrons. The van der Waals surface area contributed by atoms with E-state index < -0.39 is 10.0 Å². The van der Waals surface area contributed by atoms with Crippen LogP contribution in [0.1, 0.15) is 44.5 Å². The normalized spacial score (nSPS) is 13.7. The van der Waals surface area contributed by atoms with Crippen molar-refractivity contribution in [3.05, 3.63) is 29.7 Å².